The van der Waals surface area contributed by atoms with Crippen molar-refractivity contribution in [3.05, 3.63) is 58.7 Å². The first-order valence-corrected chi connectivity index (χ1v) is 22.8. The first-order chi connectivity index (χ1) is 26.4. The number of unbranched alkanes of at least 4 members (excludes halogenated alkanes) is 16. The number of carbonyl (C=O) groups is 2. The third kappa shape index (κ3) is 20.7. The molecule has 0 bridgehead atoms. The second kappa shape index (κ2) is 30.4. The van der Waals surface area contributed by atoms with Crippen LogP contribution in [0.4, 0.5) is 11.4 Å². The summed E-state index contributed by atoms with van der Waals surface area (Å²) in [5, 5.41) is 0. The molecule has 4 heteroatoms. The highest BCUT2D eigenvalue weighted by atomic mass is 16.1. The Kier molecular flexibility index (Phi) is 26.6. The van der Waals surface area contributed by atoms with Gasteiger partial charge < -0.3 is 0 Å². The Labute approximate surface area is 332 Å². The van der Waals surface area contributed by atoms with Crippen molar-refractivity contribution in [2.24, 2.45) is 9.98 Å². The van der Waals surface area contributed by atoms with Crippen LogP contribution in [0.25, 0.3) is 0 Å². The maximum absolute atomic E-state index is 13.4. The van der Waals surface area contributed by atoms with Gasteiger partial charge in [0.05, 0.1) is 22.8 Å². The van der Waals surface area contributed by atoms with Crippen molar-refractivity contribution in [3.63, 3.8) is 0 Å². The van der Waals surface area contributed by atoms with Gasteiger partial charge in [-0.2, -0.15) is 0 Å². The molecule has 0 amide bonds. The molecule has 0 saturated carbocycles. The van der Waals surface area contributed by atoms with Crippen molar-refractivity contribution in [1.29, 1.82) is 0 Å². The van der Waals surface area contributed by atoms with E-state index >= 15 is 0 Å². The molecule has 0 radical (unpaired) electrons. The molecule has 54 heavy (non-hydrogen) atoms. The van der Waals surface area contributed by atoms with Crippen LogP contribution in [-0.4, -0.2) is 23.0 Å². The number of ketones is 2. The highest BCUT2D eigenvalue weighted by Crippen LogP contribution is 2.26. The molecule has 0 aliphatic heterocycles. The summed E-state index contributed by atoms with van der Waals surface area (Å²) in [6.07, 6.45) is 29.7. The van der Waals surface area contributed by atoms with E-state index in [1.54, 1.807) is 0 Å². The van der Waals surface area contributed by atoms with Crippen LogP contribution in [0.1, 0.15) is 218 Å². The Morgan fingerprint density at radius 3 is 1.26 bits per heavy atom. The van der Waals surface area contributed by atoms with E-state index in [-0.39, 0.29) is 11.6 Å². The number of Topliss-reactive ketones (excluding diaryl/α,β-unsaturated/α-hetero) is 2. The fraction of sp³-hybridized carbons (Fsp3) is 0.680. The quantitative estimate of drug-likeness (QED) is 0.0540. The summed E-state index contributed by atoms with van der Waals surface area (Å²) in [7, 11) is 0. The predicted molar refractivity (Wildman–Crippen MR) is 237 cm³/mol. The molecule has 0 aliphatic carbocycles. The van der Waals surface area contributed by atoms with Crippen molar-refractivity contribution >= 4 is 34.4 Å². The standard InChI is InChI=1S/C50H80N2O2/c1-7-13-17-19-21-23-25-27-29-47(53)39-43-33-34-45(38-44(43)40-48(54)30-28-26-24-22-20-18-14-8-2)51-49(31-15-9-3)50(32-16-10-4)52-46-36-41(11-5)35-42(12-6)37-46/h33-38H,7-32,39-40H2,1-6H3. The largest absolute Gasteiger partial charge is 0.299 e. The second-order valence-electron chi connectivity index (χ2n) is 15.9. The fourth-order valence-corrected chi connectivity index (χ4v) is 7.28. The number of benzene rings is 2. The second-order valence-corrected chi connectivity index (χ2v) is 15.9. The molecule has 0 N–H and O–H groups in total. The highest BCUT2D eigenvalue weighted by Gasteiger charge is 2.15. The van der Waals surface area contributed by atoms with E-state index in [0.29, 0.717) is 25.7 Å². The summed E-state index contributed by atoms with van der Waals surface area (Å²) in [5.41, 5.74) is 8.66. The van der Waals surface area contributed by atoms with E-state index < -0.39 is 0 Å². The predicted octanol–water partition coefficient (Wildman–Crippen LogP) is 15.3. The van der Waals surface area contributed by atoms with Crippen LogP contribution in [-0.2, 0) is 35.3 Å². The lowest BCUT2D eigenvalue weighted by Crippen LogP contribution is -2.14. The first-order valence-electron chi connectivity index (χ1n) is 22.8. The summed E-state index contributed by atoms with van der Waals surface area (Å²) in [6, 6.07) is 13.0. The molecule has 0 fully saturated rings. The molecule has 2 rings (SSSR count). The Morgan fingerprint density at radius 1 is 0.407 bits per heavy atom. The molecule has 0 heterocycles. The van der Waals surface area contributed by atoms with Crippen molar-refractivity contribution < 1.29 is 9.59 Å². The molecule has 302 valence electrons. The molecule has 0 atom stereocenters. The van der Waals surface area contributed by atoms with Gasteiger partial charge in [-0.3, -0.25) is 19.6 Å². The van der Waals surface area contributed by atoms with E-state index in [1.807, 2.05) is 0 Å². The monoisotopic (exact) mass is 741 g/mol. The van der Waals surface area contributed by atoms with E-state index in [4.69, 9.17) is 9.98 Å². The van der Waals surface area contributed by atoms with E-state index in [2.05, 4.69) is 77.9 Å². The zero-order valence-corrected chi connectivity index (χ0v) is 36.0. The van der Waals surface area contributed by atoms with Crippen LogP contribution >= 0.6 is 0 Å². The number of carbonyl (C=O) groups excluding carboxylic acids is 2. The Balaban J connectivity index is 2.34. The Hall–Kier alpha value is -2.88. The summed E-state index contributed by atoms with van der Waals surface area (Å²) in [6.45, 7) is 13.4. The SMILES string of the molecule is CCCCCCCCCCC(=O)Cc1ccc(N=C(CCCC)C(CCCC)=Nc2cc(CC)cc(CC)c2)cc1CC(=O)CCCCCCCCCC. The lowest BCUT2D eigenvalue weighted by Gasteiger charge is -2.14. The van der Waals surface area contributed by atoms with Gasteiger partial charge in [0.15, 0.2) is 0 Å². The third-order valence-corrected chi connectivity index (χ3v) is 10.8. The van der Waals surface area contributed by atoms with Crippen molar-refractivity contribution in [2.75, 3.05) is 0 Å². The van der Waals surface area contributed by atoms with Crippen LogP contribution in [0.3, 0.4) is 0 Å². The summed E-state index contributed by atoms with van der Waals surface area (Å²) in [4.78, 5) is 37.3. The van der Waals surface area contributed by atoms with Gasteiger partial charge in [0, 0.05) is 25.7 Å². The molecule has 2 aromatic rings. The number of aliphatic imine (C=N–C) groups is 2. The summed E-state index contributed by atoms with van der Waals surface area (Å²) >= 11 is 0. The molecule has 0 aliphatic rings. The molecule has 0 unspecified atom stereocenters. The minimum Gasteiger partial charge on any atom is -0.299 e. The average Bonchev–Trinajstić information content (AvgIpc) is 3.17. The number of aryl methyl sites for hydroxylation is 2. The minimum absolute atomic E-state index is 0.276. The van der Waals surface area contributed by atoms with Crippen LogP contribution < -0.4 is 0 Å². The van der Waals surface area contributed by atoms with Gasteiger partial charge in [-0.05, 0) is 97.9 Å². The molecule has 0 saturated heterocycles. The number of rotatable bonds is 33. The van der Waals surface area contributed by atoms with Gasteiger partial charge in [0.25, 0.3) is 0 Å². The van der Waals surface area contributed by atoms with Gasteiger partial charge in [0.1, 0.15) is 11.6 Å². The van der Waals surface area contributed by atoms with Crippen LogP contribution in [0.5, 0.6) is 0 Å². The molecular weight excluding hydrogens is 661 g/mol. The molecule has 4 nitrogen and oxygen atoms in total. The fourth-order valence-electron chi connectivity index (χ4n) is 7.28. The minimum atomic E-state index is 0.276. The van der Waals surface area contributed by atoms with Crippen molar-refractivity contribution in [3.8, 4) is 0 Å². The van der Waals surface area contributed by atoms with Gasteiger partial charge in [-0.15, -0.1) is 0 Å². The highest BCUT2D eigenvalue weighted by molar-refractivity contribution is 6.43. The van der Waals surface area contributed by atoms with Crippen molar-refractivity contribution in [1.82, 2.24) is 0 Å². The van der Waals surface area contributed by atoms with Crippen LogP contribution in [0.2, 0.25) is 0 Å². The topological polar surface area (TPSA) is 58.9 Å². The first kappa shape index (κ1) is 47.3. The van der Waals surface area contributed by atoms with Gasteiger partial charge in [-0.25, -0.2) is 0 Å². The summed E-state index contributed by atoms with van der Waals surface area (Å²) in [5.74, 6) is 0.560. The van der Waals surface area contributed by atoms with Gasteiger partial charge in [-0.1, -0.05) is 156 Å². The van der Waals surface area contributed by atoms with Crippen LogP contribution in [0, 0.1) is 0 Å². The number of hydrogen-bond donors (Lipinski definition) is 0. The average molecular weight is 741 g/mol. The number of hydrogen-bond acceptors (Lipinski definition) is 4. The lowest BCUT2D eigenvalue weighted by molar-refractivity contribution is -0.119. The van der Waals surface area contributed by atoms with Gasteiger partial charge in [0.2, 0.25) is 0 Å². The zero-order chi connectivity index (χ0) is 39.2. The Morgan fingerprint density at radius 2 is 0.815 bits per heavy atom. The normalized spacial score (nSPS) is 12.1. The van der Waals surface area contributed by atoms with E-state index in [1.165, 1.54) is 88.2 Å². The maximum Gasteiger partial charge on any atom is 0.137 e. The van der Waals surface area contributed by atoms with E-state index in [0.717, 1.165) is 111 Å². The zero-order valence-electron chi connectivity index (χ0n) is 36.0. The van der Waals surface area contributed by atoms with Crippen molar-refractivity contribution in [2.45, 2.75) is 221 Å². The maximum atomic E-state index is 13.4. The molecule has 0 spiro atoms. The Bertz CT molecular complexity index is 1360. The van der Waals surface area contributed by atoms with E-state index in [9.17, 15) is 9.59 Å². The molecule has 0 aromatic heterocycles. The summed E-state index contributed by atoms with van der Waals surface area (Å²) < 4.78 is 0. The third-order valence-electron chi connectivity index (χ3n) is 10.8. The smallest absolute Gasteiger partial charge is 0.137 e. The van der Waals surface area contributed by atoms with Crippen LogP contribution in [0.15, 0.2) is 46.4 Å². The van der Waals surface area contributed by atoms with Gasteiger partial charge >= 0.3 is 0 Å². The molecule has 2 aromatic carbocycles. The number of nitrogens with zero attached hydrogens (tertiary/aromatic N) is 2. The molecular formula is C50H80N2O2. The lowest BCUT2D eigenvalue weighted by atomic mass is 9.94.